The fourth-order valence-corrected chi connectivity index (χ4v) is 3.00. The first-order valence-corrected chi connectivity index (χ1v) is 7.17. The number of hydrogen-bond donors (Lipinski definition) is 2. The fraction of sp³-hybridized carbons (Fsp3) is 0.562. The van der Waals surface area contributed by atoms with Gasteiger partial charge in [0.1, 0.15) is 0 Å². The molecule has 3 heteroatoms. The fourth-order valence-electron chi connectivity index (χ4n) is 3.00. The van der Waals surface area contributed by atoms with Crippen LogP contribution in [0.2, 0.25) is 0 Å². The van der Waals surface area contributed by atoms with Crippen molar-refractivity contribution in [2.75, 3.05) is 6.54 Å². The Kier molecular flexibility index (Phi) is 4.97. The summed E-state index contributed by atoms with van der Waals surface area (Å²) in [5.41, 5.74) is 1.32. The maximum Gasteiger partial charge on any atom is 0.306 e. The minimum Gasteiger partial charge on any atom is -0.481 e. The van der Waals surface area contributed by atoms with Gasteiger partial charge in [-0.1, -0.05) is 36.8 Å². The number of aliphatic carboxylic acids is 1. The van der Waals surface area contributed by atoms with Crippen LogP contribution in [0, 0.1) is 11.8 Å². The first kappa shape index (κ1) is 14.1. The molecule has 1 aromatic carbocycles. The minimum absolute atomic E-state index is 0.142. The number of carboxylic acid groups (broad SMARTS) is 1. The van der Waals surface area contributed by atoms with Gasteiger partial charge in [-0.2, -0.15) is 0 Å². The van der Waals surface area contributed by atoms with E-state index in [9.17, 15) is 4.79 Å². The van der Waals surface area contributed by atoms with Gasteiger partial charge < -0.3 is 10.4 Å². The quantitative estimate of drug-likeness (QED) is 0.827. The lowest BCUT2D eigenvalue weighted by molar-refractivity contribution is -0.142. The summed E-state index contributed by atoms with van der Waals surface area (Å²) in [7, 11) is 0. The van der Waals surface area contributed by atoms with Gasteiger partial charge >= 0.3 is 5.97 Å². The zero-order valence-corrected chi connectivity index (χ0v) is 11.5. The zero-order valence-electron chi connectivity index (χ0n) is 11.5. The molecule has 0 radical (unpaired) electrons. The van der Waals surface area contributed by atoms with Crippen LogP contribution in [0.4, 0.5) is 0 Å². The summed E-state index contributed by atoms with van der Waals surface area (Å²) in [5.74, 6) is -0.466. The molecule has 1 fully saturated rings. The molecule has 1 aliphatic rings. The van der Waals surface area contributed by atoms with Gasteiger partial charge in [-0.3, -0.25) is 4.79 Å². The molecular formula is C16H23NO2. The molecule has 2 N–H and O–H groups in total. The number of carboxylic acids is 1. The van der Waals surface area contributed by atoms with Crippen molar-refractivity contribution in [1.29, 1.82) is 0 Å². The van der Waals surface area contributed by atoms with Gasteiger partial charge in [-0.25, -0.2) is 0 Å². The lowest BCUT2D eigenvalue weighted by atomic mass is 9.95. The van der Waals surface area contributed by atoms with Crippen LogP contribution in [0.25, 0.3) is 0 Å². The predicted molar refractivity (Wildman–Crippen MR) is 76.1 cm³/mol. The molecule has 2 rings (SSSR count). The lowest BCUT2D eigenvalue weighted by Gasteiger charge is -2.20. The van der Waals surface area contributed by atoms with Gasteiger partial charge in [-0.05, 0) is 44.2 Å². The summed E-state index contributed by atoms with van der Waals surface area (Å²) in [6, 6.07) is 10.8. The standard InChI is InChI=1S/C16H23NO2/c1-12(10-13-6-3-2-4-7-13)17-11-14-8-5-9-15(14)16(18)19/h2-4,6-7,12,14-15,17H,5,8-11H2,1H3,(H,18,19). The first-order valence-electron chi connectivity index (χ1n) is 7.17. The molecule has 0 bridgehead atoms. The second kappa shape index (κ2) is 6.71. The highest BCUT2D eigenvalue weighted by molar-refractivity contribution is 5.70. The average molecular weight is 261 g/mol. The predicted octanol–water partition coefficient (Wildman–Crippen LogP) is 2.71. The third-order valence-electron chi connectivity index (χ3n) is 4.09. The van der Waals surface area contributed by atoms with Gasteiger partial charge in [0.05, 0.1) is 5.92 Å². The highest BCUT2D eigenvalue weighted by atomic mass is 16.4. The minimum atomic E-state index is -0.625. The largest absolute Gasteiger partial charge is 0.481 e. The van der Waals surface area contributed by atoms with Crippen LogP contribution in [-0.4, -0.2) is 23.7 Å². The Balaban J connectivity index is 1.77. The normalized spacial score (nSPS) is 24.3. The number of hydrogen-bond acceptors (Lipinski definition) is 2. The molecule has 19 heavy (non-hydrogen) atoms. The SMILES string of the molecule is CC(Cc1ccccc1)NCC1CCCC1C(=O)O. The first-order chi connectivity index (χ1) is 9.16. The lowest BCUT2D eigenvalue weighted by Crippen LogP contribution is -2.35. The van der Waals surface area contributed by atoms with Gasteiger partial charge in [0.2, 0.25) is 0 Å². The second-order valence-electron chi connectivity index (χ2n) is 5.63. The molecule has 1 aliphatic carbocycles. The molecule has 0 aliphatic heterocycles. The summed E-state index contributed by atoms with van der Waals surface area (Å²) < 4.78 is 0. The van der Waals surface area contributed by atoms with E-state index >= 15 is 0 Å². The zero-order chi connectivity index (χ0) is 13.7. The van der Waals surface area contributed by atoms with E-state index < -0.39 is 5.97 Å². The molecule has 104 valence electrons. The third kappa shape index (κ3) is 4.06. The van der Waals surface area contributed by atoms with Crippen LogP contribution in [0.3, 0.4) is 0 Å². The van der Waals surface area contributed by atoms with Crippen molar-refractivity contribution >= 4 is 5.97 Å². The van der Waals surface area contributed by atoms with Crippen LogP contribution < -0.4 is 5.32 Å². The van der Waals surface area contributed by atoms with Crippen molar-refractivity contribution < 1.29 is 9.90 Å². The Labute approximate surface area is 115 Å². The van der Waals surface area contributed by atoms with Crippen molar-refractivity contribution in [3.8, 4) is 0 Å². The molecule has 3 unspecified atom stereocenters. The Hall–Kier alpha value is -1.35. The van der Waals surface area contributed by atoms with E-state index in [1.54, 1.807) is 0 Å². The Morgan fingerprint density at radius 2 is 2.11 bits per heavy atom. The summed E-state index contributed by atoms with van der Waals surface area (Å²) >= 11 is 0. The van der Waals surface area contributed by atoms with Gasteiger partial charge in [0.25, 0.3) is 0 Å². The Morgan fingerprint density at radius 3 is 2.79 bits per heavy atom. The van der Waals surface area contributed by atoms with Crippen LogP contribution in [0.15, 0.2) is 30.3 Å². The van der Waals surface area contributed by atoms with Crippen LogP contribution in [0.1, 0.15) is 31.7 Å². The maximum absolute atomic E-state index is 11.1. The number of benzene rings is 1. The molecule has 0 amide bonds. The molecule has 3 nitrogen and oxygen atoms in total. The van der Waals surface area contributed by atoms with Crippen molar-refractivity contribution in [2.24, 2.45) is 11.8 Å². The van der Waals surface area contributed by atoms with Crippen molar-refractivity contribution in [3.05, 3.63) is 35.9 Å². The van der Waals surface area contributed by atoms with E-state index in [4.69, 9.17) is 5.11 Å². The van der Waals surface area contributed by atoms with Crippen LogP contribution >= 0.6 is 0 Å². The third-order valence-corrected chi connectivity index (χ3v) is 4.09. The van der Waals surface area contributed by atoms with E-state index in [-0.39, 0.29) is 5.92 Å². The number of rotatable bonds is 6. The van der Waals surface area contributed by atoms with Crippen LogP contribution in [-0.2, 0) is 11.2 Å². The van der Waals surface area contributed by atoms with Crippen molar-refractivity contribution in [3.63, 3.8) is 0 Å². The van der Waals surface area contributed by atoms with E-state index in [0.29, 0.717) is 12.0 Å². The van der Waals surface area contributed by atoms with E-state index in [1.165, 1.54) is 5.56 Å². The smallest absolute Gasteiger partial charge is 0.306 e. The molecule has 0 saturated heterocycles. The highest BCUT2D eigenvalue weighted by Crippen LogP contribution is 2.31. The topological polar surface area (TPSA) is 49.3 Å². The van der Waals surface area contributed by atoms with E-state index in [0.717, 1.165) is 32.2 Å². The van der Waals surface area contributed by atoms with Gasteiger partial charge in [-0.15, -0.1) is 0 Å². The Bertz CT molecular complexity index is 404. The molecule has 0 heterocycles. The van der Waals surface area contributed by atoms with Gasteiger partial charge in [0, 0.05) is 6.04 Å². The summed E-state index contributed by atoms with van der Waals surface area (Å²) in [5, 5.41) is 12.7. The summed E-state index contributed by atoms with van der Waals surface area (Å²) in [6.07, 6.45) is 3.93. The summed E-state index contributed by atoms with van der Waals surface area (Å²) in [4.78, 5) is 11.1. The number of nitrogens with one attached hydrogen (secondary N) is 1. The van der Waals surface area contributed by atoms with Crippen molar-refractivity contribution in [1.82, 2.24) is 5.32 Å². The molecule has 1 aromatic rings. The second-order valence-corrected chi connectivity index (χ2v) is 5.63. The molecule has 0 spiro atoms. The highest BCUT2D eigenvalue weighted by Gasteiger charge is 2.32. The average Bonchev–Trinajstić information content (AvgIpc) is 2.86. The Morgan fingerprint density at radius 1 is 1.37 bits per heavy atom. The number of carbonyl (C=O) groups is 1. The summed E-state index contributed by atoms with van der Waals surface area (Å²) in [6.45, 7) is 2.99. The molecule has 0 aromatic heterocycles. The van der Waals surface area contributed by atoms with E-state index in [2.05, 4.69) is 36.5 Å². The maximum atomic E-state index is 11.1. The van der Waals surface area contributed by atoms with E-state index in [1.807, 2.05) is 6.07 Å². The molecule has 3 atom stereocenters. The van der Waals surface area contributed by atoms with Crippen molar-refractivity contribution in [2.45, 2.75) is 38.6 Å². The van der Waals surface area contributed by atoms with Crippen LogP contribution in [0.5, 0.6) is 0 Å². The monoisotopic (exact) mass is 261 g/mol. The molecular weight excluding hydrogens is 238 g/mol. The van der Waals surface area contributed by atoms with Gasteiger partial charge in [0.15, 0.2) is 0 Å². The molecule has 1 saturated carbocycles.